The van der Waals surface area contributed by atoms with E-state index < -0.39 is 0 Å². The number of benzene rings is 1. The molecule has 32 heavy (non-hydrogen) atoms. The molecule has 0 bridgehead atoms. The number of H-pyrrole nitrogens is 1. The molecule has 0 radical (unpaired) electrons. The number of aromatic nitrogens is 1. The summed E-state index contributed by atoms with van der Waals surface area (Å²) in [4.78, 5) is 35.8. The molecule has 1 aromatic carbocycles. The number of piperidine rings is 1. The van der Waals surface area contributed by atoms with Gasteiger partial charge in [0.05, 0.1) is 7.11 Å². The average Bonchev–Trinajstić information content (AvgIpc) is 3.27. The van der Waals surface area contributed by atoms with E-state index in [4.69, 9.17) is 4.74 Å². The predicted octanol–water partition coefficient (Wildman–Crippen LogP) is 3.22. The molecular formula is C25H36N4O3. The maximum atomic E-state index is 13.1. The summed E-state index contributed by atoms with van der Waals surface area (Å²) in [6.07, 6.45) is 2.92. The van der Waals surface area contributed by atoms with E-state index in [0.717, 1.165) is 68.6 Å². The zero-order valence-electron chi connectivity index (χ0n) is 19.6. The number of fused-ring (bicyclic) bond motifs is 1. The minimum absolute atomic E-state index is 0.0190. The molecule has 0 spiro atoms. The first-order valence-electron chi connectivity index (χ1n) is 12.0. The Morgan fingerprint density at radius 2 is 1.78 bits per heavy atom. The van der Waals surface area contributed by atoms with Gasteiger partial charge in [-0.25, -0.2) is 0 Å². The summed E-state index contributed by atoms with van der Waals surface area (Å²) in [5, 5.41) is 1.00. The second-order valence-corrected chi connectivity index (χ2v) is 9.22. The molecular weight excluding hydrogens is 404 g/mol. The molecule has 3 heterocycles. The molecule has 1 unspecified atom stereocenters. The quantitative estimate of drug-likeness (QED) is 0.749. The van der Waals surface area contributed by atoms with E-state index in [2.05, 4.69) is 23.7 Å². The Morgan fingerprint density at radius 3 is 2.44 bits per heavy atom. The van der Waals surface area contributed by atoms with Crippen molar-refractivity contribution in [2.24, 2.45) is 11.8 Å². The highest BCUT2D eigenvalue weighted by atomic mass is 16.5. The van der Waals surface area contributed by atoms with Crippen molar-refractivity contribution >= 4 is 22.7 Å². The summed E-state index contributed by atoms with van der Waals surface area (Å²) >= 11 is 0. The lowest BCUT2D eigenvalue weighted by Gasteiger charge is -2.39. The predicted molar refractivity (Wildman–Crippen MR) is 126 cm³/mol. The van der Waals surface area contributed by atoms with Crippen LogP contribution in [0.3, 0.4) is 0 Å². The normalized spacial score (nSPS) is 19.3. The molecule has 2 fully saturated rings. The fraction of sp³-hybridized carbons (Fsp3) is 0.600. The summed E-state index contributed by atoms with van der Waals surface area (Å²) in [6, 6.07) is 7.68. The smallest absolute Gasteiger partial charge is 0.270 e. The van der Waals surface area contributed by atoms with Crippen molar-refractivity contribution in [2.45, 2.75) is 33.1 Å². The summed E-state index contributed by atoms with van der Waals surface area (Å²) < 4.78 is 5.27. The fourth-order valence-electron chi connectivity index (χ4n) is 5.12. The standard InChI is InChI=1S/C25H36N4O3/c1-4-9-27-12-14-29(15-13-27)24(30)18(2)19-7-10-28(11-8-19)25(31)23-16-20-5-6-21(32-3)17-22(20)26-23/h5-6,16-19,26H,4,7-15H2,1-3H3. The number of rotatable bonds is 6. The number of ether oxygens (including phenoxy) is 1. The Balaban J connectivity index is 1.30. The molecule has 7 heteroatoms. The first kappa shape index (κ1) is 22.6. The van der Waals surface area contributed by atoms with Gasteiger partial charge in [0, 0.05) is 62.2 Å². The Bertz CT molecular complexity index is 940. The summed E-state index contributed by atoms with van der Waals surface area (Å²) in [5.74, 6) is 1.45. The number of hydrogen-bond acceptors (Lipinski definition) is 4. The van der Waals surface area contributed by atoms with Crippen LogP contribution in [0.1, 0.15) is 43.6 Å². The molecule has 174 valence electrons. The minimum Gasteiger partial charge on any atom is -0.497 e. The van der Waals surface area contributed by atoms with Crippen LogP contribution >= 0.6 is 0 Å². The highest BCUT2D eigenvalue weighted by molar-refractivity contribution is 5.98. The number of likely N-dealkylation sites (tertiary alicyclic amines) is 1. The highest BCUT2D eigenvalue weighted by Crippen LogP contribution is 2.28. The van der Waals surface area contributed by atoms with Gasteiger partial charge in [-0.3, -0.25) is 14.5 Å². The lowest BCUT2D eigenvalue weighted by Crippen LogP contribution is -2.51. The van der Waals surface area contributed by atoms with Crippen LogP contribution in [0.2, 0.25) is 0 Å². The molecule has 2 amide bonds. The van der Waals surface area contributed by atoms with Gasteiger partial charge in [0.25, 0.3) is 5.91 Å². The second-order valence-electron chi connectivity index (χ2n) is 9.22. The van der Waals surface area contributed by atoms with Gasteiger partial charge in [-0.1, -0.05) is 13.8 Å². The number of nitrogens with one attached hydrogen (secondary N) is 1. The number of nitrogens with zero attached hydrogens (tertiary/aromatic N) is 3. The summed E-state index contributed by atoms with van der Waals surface area (Å²) in [5.41, 5.74) is 1.52. The number of carbonyl (C=O) groups excluding carboxylic acids is 2. The molecule has 1 aromatic heterocycles. The molecule has 2 aliphatic heterocycles. The van der Waals surface area contributed by atoms with Crippen LogP contribution in [-0.2, 0) is 4.79 Å². The molecule has 0 aliphatic carbocycles. The van der Waals surface area contributed by atoms with Gasteiger partial charge < -0.3 is 19.5 Å². The Morgan fingerprint density at radius 1 is 1.06 bits per heavy atom. The van der Waals surface area contributed by atoms with E-state index in [1.54, 1.807) is 7.11 Å². The lowest BCUT2D eigenvalue weighted by atomic mass is 9.84. The lowest BCUT2D eigenvalue weighted by molar-refractivity contribution is -0.139. The van der Waals surface area contributed by atoms with E-state index in [1.165, 1.54) is 0 Å². The number of hydrogen-bond donors (Lipinski definition) is 1. The number of methoxy groups -OCH3 is 1. The molecule has 2 aromatic rings. The van der Waals surface area contributed by atoms with Crippen molar-refractivity contribution in [3.63, 3.8) is 0 Å². The molecule has 7 nitrogen and oxygen atoms in total. The second kappa shape index (κ2) is 9.94. The van der Waals surface area contributed by atoms with E-state index in [0.29, 0.717) is 24.7 Å². The van der Waals surface area contributed by atoms with Crippen LogP contribution in [-0.4, -0.2) is 84.4 Å². The molecule has 1 N–H and O–H groups in total. The Kier molecular flexibility index (Phi) is 7.04. The van der Waals surface area contributed by atoms with Gasteiger partial charge in [0.1, 0.15) is 11.4 Å². The first-order valence-corrected chi connectivity index (χ1v) is 12.0. The zero-order chi connectivity index (χ0) is 22.7. The van der Waals surface area contributed by atoms with Gasteiger partial charge >= 0.3 is 0 Å². The van der Waals surface area contributed by atoms with Gasteiger partial charge in [-0.2, -0.15) is 0 Å². The van der Waals surface area contributed by atoms with E-state index in [-0.39, 0.29) is 17.7 Å². The van der Waals surface area contributed by atoms with E-state index >= 15 is 0 Å². The van der Waals surface area contributed by atoms with Crippen LogP contribution in [0.4, 0.5) is 0 Å². The average molecular weight is 441 g/mol. The van der Waals surface area contributed by atoms with E-state index in [9.17, 15) is 9.59 Å². The van der Waals surface area contributed by atoms with Gasteiger partial charge in [0.15, 0.2) is 0 Å². The third-order valence-corrected chi connectivity index (χ3v) is 7.21. The van der Waals surface area contributed by atoms with Crippen molar-refractivity contribution in [3.8, 4) is 5.75 Å². The van der Waals surface area contributed by atoms with Crippen LogP contribution in [0.15, 0.2) is 24.3 Å². The van der Waals surface area contributed by atoms with Gasteiger partial charge in [-0.05, 0) is 49.9 Å². The maximum absolute atomic E-state index is 13.1. The third kappa shape index (κ3) is 4.77. The maximum Gasteiger partial charge on any atom is 0.270 e. The molecule has 2 saturated heterocycles. The number of carbonyl (C=O) groups is 2. The molecule has 2 aliphatic rings. The molecule has 4 rings (SSSR count). The third-order valence-electron chi connectivity index (χ3n) is 7.21. The van der Waals surface area contributed by atoms with E-state index in [1.807, 2.05) is 34.1 Å². The largest absolute Gasteiger partial charge is 0.497 e. The van der Waals surface area contributed by atoms with Crippen LogP contribution < -0.4 is 4.74 Å². The summed E-state index contributed by atoms with van der Waals surface area (Å²) in [6.45, 7) is 10.4. The minimum atomic E-state index is 0.0190. The molecule has 0 saturated carbocycles. The molecule has 1 atom stereocenters. The fourth-order valence-corrected chi connectivity index (χ4v) is 5.12. The van der Waals surface area contributed by atoms with Crippen LogP contribution in [0.5, 0.6) is 5.75 Å². The SMILES string of the molecule is CCCN1CCN(C(=O)C(C)C2CCN(C(=O)c3cc4ccc(OC)cc4[nH]3)CC2)CC1. The number of piperazine rings is 1. The Labute approximate surface area is 190 Å². The summed E-state index contributed by atoms with van der Waals surface area (Å²) in [7, 11) is 1.64. The van der Waals surface area contributed by atoms with Crippen molar-refractivity contribution in [1.29, 1.82) is 0 Å². The zero-order valence-corrected chi connectivity index (χ0v) is 19.6. The number of amides is 2. The number of aromatic amines is 1. The van der Waals surface area contributed by atoms with Crippen LogP contribution in [0.25, 0.3) is 10.9 Å². The van der Waals surface area contributed by atoms with Gasteiger partial charge in [0.2, 0.25) is 5.91 Å². The highest BCUT2D eigenvalue weighted by Gasteiger charge is 2.33. The van der Waals surface area contributed by atoms with Crippen molar-refractivity contribution in [3.05, 3.63) is 30.0 Å². The van der Waals surface area contributed by atoms with Gasteiger partial charge in [-0.15, -0.1) is 0 Å². The monoisotopic (exact) mass is 440 g/mol. The van der Waals surface area contributed by atoms with Crippen LogP contribution in [0, 0.1) is 11.8 Å². The van der Waals surface area contributed by atoms with Crippen molar-refractivity contribution in [1.82, 2.24) is 19.7 Å². The first-order chi connectivity index (χ1) is 15.5. The van der Waals surface area contributed by atoms with Crippen molar-refractivity contribution in [2.75, 3.05) is 52.9 Å². The Hall–Kier alpha value is -2.54. The topological polar surface area (TPSA) is 68.9 Å². The van der Waals surface area contributed by atoms with Crippen molar-refractivity contribution < 1.29 is 14.3 Å².